The van der Waals surface area contributed by atoms with Crippen LogP contribution in [0.15, 0.2) is 84.0 Å². The van der Waals surface area contributed by atoms with Crippen molar-refractivity contribution in [1.82, 2.24) is 4.98 Å². The van der Waals surface area contributed by atoms with E-state index in [0.29, 0.717) is 28.1 Å². The highest BCUT2D eigenvalue weighted by atomic mass is 32.2. The smallest absolute Gasteiger partial charge is 0.331 e. The number of pyridine rings is 1. The molecular weight excluding hydrogens is 452 g/mol. The Morgan fingerprint density at radius 2 is 1.76 bits per heavy atom. The molecule has 0 atom stereocenters. The van der Waals surface area contributed by atoms with Gasteiger partial charge in [0.25, 0.3) is 10.0 Å². The number of rotatable bonds is 9. The van der Waals surface area contributed by atoms with Crippen LogP contribution in [0.1, 0.15) is 31.9 Å². The lowest BCUT2D eigenvalue weighted by atomic mass is 9.98. The first-order chi connectivity index (χ1) is 16.3. The molecule has 3 rings (SSSR count). The summed E-state index contributed by atoms with van der Waals surface area (Å²) in [4.78, 5) is 16.6. The maximum atomic E-state index is 13.6. The minimum absolute atomic E-state index is 0.155. The van der Waals surface area contributed by atoms with E-state index in [1.165, 1.54) is 29.6 Å². The van der Waals surface area contributed by atoms with Gasteiger partial charge in [0.1, 0.15) is 5.75 Å². The largest absolute Gasteiger partial charge is 0.497 e. The average Bonchev–Trinajstić information content (AvgIpc) is 2.83. The van der Waals surface area contributed by atoms with Crippen LogP contribution in [0, 0.1) is 0 Å². The van der Waals surface area contributed by atoms with Gasteiger partial charge in [0, 0.05) is 30.1 Å². The van der Waals surface area contributed by atoms with Crippen LogP contribution in [0.5, 0.6) is 5.75 Å². The summed E-state index contributed by atoms with van der Waals surface area (Å²) in [6.45, 7) is 5.60. The van der Waals surface area contributed by atoms with Gasteiger partial charge in [-0.2, -0.15) is 0 Å². The Labute approximate surface area is 200 Å². The fraction of sp³-hybridized carbons (Fsp3) is 0.231. The van der Waals surface area contributed by atoms with Crippen molar-refractivity contribution in [3.63, 3.8) is 0 Å². The lowest BCUT2D eigenvalue weighted by Gasteiger charge is -2.29. The van der Waals surface area contributed by atoms with E-state index in [0.717, 1.165) is 0 Å². The maximum absolute atomic E-state index is 13.6. The molecule has 0 saturated heterocycles. The van der Waals surface area contributed by atoms with Gasteiger partial charge in [0.05, 0.1) is 24.3 Å². The summed E-state index contributed by atoms with van der Waals surface area (Å²) in [6, 6.07) is 16.6. The molecule has 0 aliphatic carbocycles. The lowest BCUT2D eigenvalue weighted by Crippen LogP contribution is -2.37. The lowest BCUT2D eigenvalue weighted by molar-refractivity contribution is -0.137. The number of sulfonamides is 1. The van der Waals surface area contributed by atoms with Crippen molar-refractivity contribution in [1.29, 1.82) is 0 Å². The highest BCUT2D eigenvalue weighted by molar-refractivity contribution is 7.92. The number of anilines is 1. The number of hydrogen-bond acceptors (Lipinski definition) is 6. The van der Waals surface area contributed by atoms with Gasteiger partial charge in [-0.15, -0.1) is 0 Å². The molecule has 0 aliphatic rings. The van der Waals surface area contributed by atoms with Crippen LogP contribution in [0.25, 0.3) is 5.57 Å². The summed E-state index contributed by atoms with van der Waals surface area (Å²) < 4.78 is 38.8. The molecule has 2 aromatic carbocycles. The third-order valence-corrected chi connectivity index (χ3v) is 7.04. The first kappa shape index (κ1) is 25.0. The molecule has 0 N–H and O–H groups in total. The van der Waals surface area contributed by atoms with Gasteiger partial charge in [0.2, 0.25) is 0 Å². The molecule has 0 spiro atoms. The van der Waals surface area contributed by atoms with E-state index in [-0.39, 0.29) is 17.5 Å². The van der Waals surface area contributed by atoms with Crippen molar-refractivity contribution >= 4 is 27.3 Å². The molecule has 1 heterocycles. The Morgan fingerprint density at radius 3 is 2.35 bits per heavy atom. The number of aromatic nitrogens is 1. The van der Waals surface area contributed by atoms with E-state index in [2.05, 4.69) is 4.98 Å². The zero-order valence-corrected chi connectivity index (χ0v) is 20.5. The third-order valence-electron chi connectivity index (χ3n) is 5.02. The summed E-state index contributed by atoms with van der Waals surface area (Å²) in [5, 5.41) is 0. The second-order valence-electron chi connectivity index (χ2n) is 7.67. The first-order valence-corrected chi connectivity index (χ1v) is 12.3. The van der Waals surface area contributed by atoms with Crippen molar-refractivity contribution in [2.75, 3.05) is 18.0 Å². The Morgan fingerprint density at radius 1 is 1.06 bits per heavy atom. The predicted molar refractivity (Wildman–Crippen MR) is 132 cm³/mol. The number of carbonyl (C=O) groups is 1. The van der Waals surface area contributed by atoms with E-state index in [9.17, 15) is 13.2 Å². The molecule has 1 aromatic heterocycles. The van der Waals surface area contributed by atoms with E-state index in [1.54, 1.807) is 55.7 Å². The summed E-state index contributed by atoms with van der Waals surface area (Å²) in [7, 11) is -2.34. The topological polar surface area (TPSA) is 85.8 Å². The average molecular weight is 481 g/mol. The number of carbonyl (C=O) groups excluding carboxylic acids is 1. The van der Waals surface area contributed by atoms with Crippen molar-refractivity contribution in [2.45, 2.75) is 31.7 Å². The van der Waals surface area contributed by atoms with Crippen LogP contribution in [0.2, 0.25) is 0 Å². The molecule has 0 radical (unpaired) electrons. The Kier molecular flexibility index (Phi) is 8.07. The Bertz CT molecular complexity index is 1250. The number of ether oxygens (including phenoxy) is 2. The number of nitrogens with zero attached hydrogens (tertiary/aromatic N) is 2. The van der Waals surface area contributed by atoms with Crippen molar-refractivity contribution in [2.24, 2.45) is 0 Å². The fourth-order valence-electron chi connectivity index (χ4n) is 3.54. The van der Waals surface area contributed by atoms with Gasteiger partial charge < -0.3 is 9.47 Å². The Balaban J connectivity index is 2.10. The second kappa shape index (κ2) is 11.0. The number of esters is 1. The predicted octanol–water partition coefficient (Wildman–Crippen LogP) is 4.69. The molecule has 0 aliphatic heterocycles. The van der Waals surface area contributed by atoms with Crippen LogP contribution in [0.3, 0.4) is 0 Å². The molecule has 0 amide bonds. The normalized spacial score (nSPS) is 11.9. The molecule has 3 aromatic rings. The van der Waals surface area contributed by atoms with Gasteiger partial charge in [0.15, 0.2) is 0 Å². The second-order valence-corrected chi connectivity index (χ2v) is 9.49. The molecule has 0 bridgehead atoms. The number of benzene rings is 2. The van der Waals surface area contributed by atoms with E-state index in [4.69, 9.17) is 9.47 Å². The summed E-state index contributed by atoms with van der Waals surface area (Å²) in [6.07, 6.45) is 4.69. The van der Waals surface area contributed by atoms with Crippen LogP contribution in [0.4, 0.5) is 5.69 Å². The van der Waals surface area contributed by atoms with E-state index < -0.39 is 16.0 Å². The molecule has 0 unspecified atom stereocenters. The summed E-state index contributed by atoms with van der Waals surface area (Å²) in [5.74, 6) is 0.0839. The quantitative estimate of drug-likeness (QED) is 0.326. The minimum atomic E-state index is -3.86. The number of hydrogen-bond donors (Lipinski definition) is 0. The maximum Gasteiger partial charge on any atom is 0.331 e. The number of methoxy groups -OCH3 is 1. The Hall–Kier alpha value is -3.65. The van der Waals surface area contributed by atoms with Crippen molar-refractivity contribution < 1.29 is 22.7 Å². The molecular formula is C26H28N2O5S. The standard InChI is InChI=1S/C26H28N2O5S/c1-5-33-26(29)17-25(21-9-7-15-27-18-21)20-8-6-10-22(16-20)28(19(2)3)34(30,31)24-13-11-23(32-4)12-14-24/h6-19H,5H2,1-4H3/b25-17-. The van der Waals surface area contributed by atoms with Crippen LogP contribution >= 0.6 is 0 Å². The molecule has 0 fully saturated rings. The highest BCUT2D eigenvalue weighted by Gasteiger charge is 2.28. The SMILES string of the molecule is CCOC(=O)/C=C(\c1cccnc1)c1cccc(N(C(C)C)S(=O)(=O)c2ccc(OC)cc2)c1. The van der Waals surface area contributed by atoms with E-state index >= 15 is 0 Å². The van der Waals surface area contributed by atoms with Gasteiger partial charge in [-0.3, -0.25) is 9.29 Å². The summed E-state index contributed by atoms with van der Waals surface area (Å²) in [5.41, 5.74) is 2.43. The van der Waals surface area contributed by atoms with Gasteiger partial charge in [-0.1, -0.05) is 18.2 Å². The molecule has 178 valence electrons. The van der Waals surface area contributed by atoms with Crippen LogP contribution in [-0.4, -0.2) is 39.1 Å². The molecule has 8 heteroatoms. The highest BCUT2D eigenvalue weighted by Crippen LogP contribution is 2.31. The van der Waals surface area contributed by atoms with Crippen LogP contribution in [-0.2, 0) is 19.6 Å². The molecule has 7 nitrogen and oxygen atoms in total. The molecule has 34 heavy (non-hydrogen) atoms. The van der Waals surface area contributed by atoms with Crippen molar-refractivity contribution in [3.05, 3.63) is 90.3 Å². The van der Waals surface area contributed by atoms with Gasteiger partial charge in [-0.05, 0) is 74.4 Å². The minimum Gasteiger partial charge on any atom is -0.497 e. The summed E-state index contributed by atoms with van der Waals surface area (Å²) >= 11 is 0. The fourth-order valence-corrected chi connectivity index (χ4v) is 5.20. The zero-order valence-electron chi connectivity index (χ0n) is 19.6. The van der Waals surface area contributed by atoms with E-state index in [1.807, 2.05) is 26.0 Å². The van der Waals surface area contributed by atoms with Crippen molar-refractivity contribution in [3.8, 4) is 5.75 Å². The first-order valence-electron chi connectivity index (χ1n) is 10.9. The third kappa shape index (κ3) is 5.63. The zero-order chi connectivity index (χ0) is 24.7. The van der Waals surface area contributed by atoms with Gasteiger partial charge in [-0.25, -0.2) is 13.2 Å². The molecule has 0 saturated carbocycles. The van der Waals surface area contributed by atoms with Crippen LogP contribution < -0.4 is 9.04 Å². The van der Waals surface area contributed by atoms with Gasteiger partial charge >= 0.3 is 5.97 Å². The monoisotopic (exact) mass is 480 g/mol.